The predicted molar refractivity (Wildman–Crippen MR) is 103 cm³/mol. The van der Waals surface area contributed by atoms with Gasteiger partial charge < -0.3 is 4.74 Å². The van der Waals surface area contributed by atoms with E-state index in [1.165, 1.54) is 0 Å². The lowest BCUT2D eigenvalue weighted by atomic mass is 10.0. The zero-order valence-electron chi connectivity index (χ0n) is 13.7. The van der Waals surface area contributed by atoms with Gasteiger partial charge in [0, 0.05) is 0 Å². The molecule has 4 heteroatoms. The number of carbonyl (C=O) groups is 1. The van der Waals surface area contributed by atoms with Crippen molar-refractivity contribution in [1.29, 1.82) is 5.26 Å². The highest BCUT2D eigenvalue weighted by atomic mass is 35.5. The van der Waals surface area contributed by atoms with Crippen LogP contribution in [0.3, 0.4) is 0 Å². The summed E-state index contributed by atoms with van der Waals surface area (Å²) >= 11 is 6.00. The van der Waals surface area contributed by atoms with Crippen LogP contribution in [0.1, 0.15) is 21.5 Å². The quantitative estimate of drug-likeness (QED) is 0.263. The molecule has 0 aliphatic rings. The summed E-state index contributed by atoms with van der Waals surface area (Å²) in [5.74, 6) is -0.105. The van der Waals surface area contributed by atoms with Crippen LogP contribution in [0.25, 0.3) is 11.6 Å². The number of allylic oxidation sites excluding steroid dienone is 1. The smallest absolute Gasteiger partial charge is 0.345 e. The maximum Gasteiger partial charge on any atom is 0.345 e. The van der Waals surface area contributed by atoms with Crippen molar-refractivity contribution in [1.82, 2.24) is 0 Å². The van der Waals surface area contributed by atoms with Gasteiger partial charge in [0.05, 0.1) is 22.2 Å². The summed E-state index contributed by atoms with van der Waals surface area (Å²) in [6.07, 6.45) is 1.79. The molecule has 3 aromatic carbocycles. The first-order valence-electron chi connectivity index (χ1n) is 7.91. The van der Waals surface area contributed by atoms with Gasteiger partial charge in [0.2, 0.25) is 0 Å². The molecule has 0 saturated heterocycles. The fraction of sp³-hybridized carbons (Fsp3) is 0. The van der Waals surface area contributed by atoms with Crippen LogP contribution in [0.2, 0.25) is 5.02 Å². The van der Waals surface area contributed by atoms with Crippen molar-refractivity contribution in [2.45, 2.75) is 0 Å². The van der Waals surface area contributed by atoms with Gasteiger partial charge in [0.1, 0.15) is 5.75 Å². The van der Waals surface area contributed by atoms with E-state index in [0.29, 0.717) is 21.9 Å². The highest BCUT2D eigenvalue weighted by molar-refractivity contribution is 6.33. The molecule has 0 aromatic heterocycles. The zero-order chi connectivity index (χ0) is 18.4. The highest BCUT2D eigenvalue weighted by Crippen LogP contribution is 2.21. The van der Waals surface area contributed by atoms with Gasteiger partial charge in [-0.1, -0.05) is 66.2 Å². The van der Waals surface area contributed by atoms with Crippen molar-refractivity contribution in [3.63, 3.8) is 0 Å². The zero-order valence-corrected chi connectivity index (χ0v) is 14.5. The van der Waals surface area contributed by atoms with Crippen molar-refractivity contribution in [2.75, 3.05) is 0 Å². The molecule has 0 bridgehead atoms. The molecular weight excluding hydrogens is 346 g/mol. The summed E-state index contributed by atoms with van der Waals surface area (Å²) in [5, 5.41) is 9.71. The van der Waals surface area contributed by atoms with Crippen molar-refractivity contribution in [3.8, 4) is 11.8 Å². The summed E-state index contributed by atoms with van der Waals surface area (Å²) in [5.41, 5.74) is 2.56. The largest absolute Gasteiger partial charge is 0.423 e. The van der Waals surface area contributed by atoms with Crippen LogP contribution < -0.4 is 4.74 Å². The standard InChI is InChI=1S/C22H14ClNO2/c23-21-9-5-4-8-20(21)22(25)26-19-12-10-16(11-13-19)14-18(15-24)17-6-2-1-3-7-17/h1-14H/b18-14-. The minimum atomic E-state index is -0.513. The van der Waals surface area contributed by atoms with Crippen LogP contribution in [0.5, 0.6) is 5.75 Å². The maximum atomic E-state index is 12.2. The number of ether oxygens (including phenoxy) is 1. The van der Waals surface area contributed by atoms with Crippen molar-refractivity contribution in [2.24, 2.45) is 0 Å². The minimum Gasteiger partial charge on any atom is -0.423 e. The van der Waals surface area contributed by atoms with Crippen LogP contribution in [-0.4, -0.2) is 5.97 Å². The number of carbonyl (C=O) groups excluding carboxylic acids is 1. The number of halogens is 1. The minimum absolute atomic E-state index is 0.314. The fourth-order valence-electron chi connectivity index (χ4n) is 2.39. The Bertz CT molecular complexity index is 987. The summed E-state index contributed by atoms with van der Waals surface area (Å²) in [4.78, 5) is 12.2. The monoisotopic (exact) mass is 359 g/mol. The SMILES string of the molecule is N#C/C(=C/c1ccc(OC(=O)c2ccccc2Cl)cc1)c1ccccc1. The van der Waals surface area contributed by atoms with Gasteiger partial charge >= 0.3 is 5.97 Å². The molecule has 26 heavy (non-hydrogen) atoms. The molecule has 0 heterocycles. The van der Waals surface area contributed by atoms with Gasteiger partial charge in [-0.05, 0) is 41.5 Å². The lowest BCUT2D eigenvalue weighted by Crippen LogP contribution is -2.08. The topological polar surface area (TPSA) is 50.1 Å². The molecule has 0 amide bonds. The summed E-state index contributed by atoms with van der Waals surface area (Å²) < 4.78 is 5.34. The van der Waals surface area contributed by atoms with E-state index < -0.39 is 5.97 Å². The van der Waals surface area contributed by atoms with E-state index in [1.807, 2.05) is 30.3 Å². The molecule has 0 aliphatic heterocycles. The second kappa shape index (κ2) is 8.15. The molecule has 3 rings (SSSR count). The van der Waals surface area contributed by atoms with Gasteiger partial charge in [-0.25, -0.2) is 4.79 Å². The van der Waals surface area contributed by atoms with Gasteiger partial charge in [-0.15, -0.1) is 0 Å². The first-order valence-corrected chi connectivity index (χ1v) is 8.29. The van der Waals surface area contributed by atoms with Crippen LogP contribution >= 0.6 is 11.6 Å². The van der Waals surface area contributed by atoms with E-state index in [0.717, 1.165) is 11.1 Å². The summed E-state index contributed by atoms with van der Waals surface area (Å²) in [6.45, 7) is 0. The van der Waals surface area contributed by atoms with E-state index in [9.17, 15) is 10.1 Å². The Morgan fingerprint density at radius 3 is 2.23 bits per heavy atom. The Balaban J connectivity index is 1.77. The third kappa shape index (κ3) is 4.18. The molecule has 0 fully saturated rings. The molecule has 0 atom stereocenters. The van der Waals surface area contributed by atoms with E-state index in [-0.39, 0.29) is 0 Å². The molecule has 0 saturated carbocycles. The van der Waals surface area contributed by atoms with E-state index in [4.69, 9.17) is 16.3 Å². The Kier molecular flexibility index (Phi) is 5.48. The number of nitriles is 1. The number of benzene rings is 3. The predicted octanol–water partition coefficient (Wildman–Crippen LogP) is 5.62. The summed E-state index contributed by atoms with van der Waals surface area (Å²) in [6, 6.07) is 25.3. The van der Waals surface area contributed by atoms with Crippen LogP contribution in [0, 0.1) is 11.3 Å². The third-order valence-corrected chi connectivity index (χ3v) is 4.03. The number of rotatable bonds is 4. The van der Waals surface area contributed by atoms with Crippen LogP contribution in [0.15, 0.2) is 78.9 Å². The average Bonchev–Trinajstić information content (AvgIpc) is 2.68. The lowest BCUT2D eigenvalue weighted by Gasteiger charge is -2.06. The molecule has 0 radical (unpaired) electrons. The molecule has 0 spiro atoms. The lowest BCUT2D eigenvalue weighted by molar-refractivity contribution is 0.0735. The molecule has 0 aliphatic carbocycles. The number of hydrogen-bond acceptors (Lipinski definition) is 3. The maximum absolute atomic E-state index is 12.2. The average molecular weight is 360 g/mol. The molecule has 0 N–H and O–H groups in total. The molecule has 126 valence electrons. The van der Waals surface area contributed by atoms with E-state index >= 15 is 0 Å². The van der Waals surface area contributed by atoms with Gasteiger partial charge in [-0.2, -0.15) is 5.26 Å². The molecule has 3 aromatic rings. The second-order valence-corrected chi connectivity index (χ2v) is 5.88. The van der Waals surface area contributed by atoms with Gasteiger partial charge in [0.15, 0.2) is 0 Å². The van der Waals surface area contributed by atoms with Crippen molar-refractivity contribution >= 4 is 29.2 Å². The van der Waals surface area contributed by atoms with Crippen LogP contribution in [-0.2, 0) is 0 Å². The molecule has 0 unspecified atom stereocenters. The summed E-state index contributed by atoms with van der Waals surface area (Å²) in [7, 11) is 0. The molecule has 3 nitrogen and oxygen atoms in total. The number of nitrogens with zero attached hydrogens (tertiary/aromatic N) is 1. The molecular formula is C22H14ClNO2. The van der Waals surface area contributed by atoms with Crippen molar-refractivity contribution < 1.29 is 9.53 Å². The Labute approximate surface area is 156 Å². The fourth-order valence-corrected chi connectivity index (χ4v) is 2.60. The van der Waals surface area contributed by atoms with Gasteiger partial charge in [-0.3, -0.25) is 0 Å². The Morgan fingerprint density at radius 1 is 0.923 bits per heavy atom. The Morgan fingerprint density at radius 2 is 1.58 bits per heavy atom. The van der Waals surface area contributed by atoms with Crippen molar-refractivity contribution in [3.05, 3.63) is 101 Å². The first kappa shape index (κ1) is 17.5. The van der Waals surface area contributed by atoms with Gasteiger partial charge in [0.25, 0.3) is 0 Å². The van der Waals surface area contributed by atoms with Crippen LogP contribution in [0.4, 0.5) is 0 Å². The third-order valence-electron chi connectivity index (χ3n) is 3.70. The van der Waals surface area contributed by atoms with E-state index in [2.05, 4.69) is 6.07 Å². The number of esters is 1. The normalized spacial score (nSPS) is 10.8. The Hall–Kier alpha value is -3.35. The number of hydrogen-bond donors (Lipinski definition) is 0. The highest BCUT2D eigenvalue weighted by Gasteiger charge is 2.12. The van der Waals surface area contributed by atoms with E-state index in [1.54, 1.807) is 54.6 Å². The first-order chi connectivity index (χ1) is 12.7. The second-order valence-electron chi connectivity index (χ2n) is 5.47.